The molecule has 0 aliphatic rings. The van der Waals surface area contributed by atoms with Gasteiger partial charge in [-0.1, -0.05) is 12.1 Å². The molecule has 0 aliphatic carbocycles. The number of para-hydroxylation sites is 1. The fraction of sp³-hybridized carbons (Fsp3) is 0. The van der Waals surface area contributed by atoms with E-state index in [0.717, 1.165) is 0 Å². The summed E-state index contributed by atoms with van der Waals surface area (Å²) in [5.74, 6) is -0.719. The molecule has 3 rings (SSSR count). The molecule has 108 valence electrons. The number of halogens is 1. The molecule has 0 amide bonds. The van der Waals surface area contributed by atoms with Gasteiger partial charge < -0.3 is 4.42 Å². The highest BCUT2D eigenvalue weighted by atomic mass is 19.1. The fourth-order valence-corrected chi connectivity index (χ4v) is 2.08. The van der Waals surface area contributed by atoms with E-state index in [9.17, 15) is 14.0 Å². The van der Waals surface area contributed by atoms with Gasteiger partial charge in [0.05, 0.1) is 10.9 Å². The van der Waals surface area contributed by atoms with E-state index in [0.29, 0.717) is 16.5 Å². The van der Waals surface area contributed by atoms with Crippen LogP contribution in [0.15, 0.2) is 70.1 Å². The van der Waals surface area contributed by atoms with Crippen LogP contribution in [-0.4, -0.2) is 5.78 Å². The maximum atomic E-state index is 12.8. The Balaban J connectivity index is 1.92. The van der Waals surface area contributed by atoms with Gasteiger partial charge in [0, 0.05) is 5.56 Å². The molecule has 0 spiro atoms. The molecule has 0 saturated heterocycles. The predicted molar refractivity (Wildman–Crippen MR) is 82.2 cm³/mol. The van der Waals surface area contributed by atoms with Crippen molar-refractivity contribution in [3.05, 3.63) is 88.0 Å². The quantitative estimate of drug-likeness (QED) is 0.545. The Hall–Kier alpha value is -3.01. The highest BCUT2D eigenvalue weighted by Crippen LogP contribution is 2.12. The van der Waals surface area contributed by atoms with Gasteiger partial charge in [0.2, 0.25) is 0 Å². The molecular weight excluding hydrogens is 283 g/mol. The largest absolute Gasteiger partial charge is 0.463 e. The first-order valence-electron chi connectivity index (χ1n) is 6.64. The maximum Gasteiger partial charge on any atom is 0.199 e. The monoisotopic (exact) mass is 294 g/mol. The Morgan fingerprint density at radius 2 is 1.77 bits per heavy atom. The van der Waals surface area contributed by atoms with Crippen molar-refractivity contribution in [2.24, 2.45) is 0 Å². The van der Waals surface area contributed by atoms with Crippen LogP contribution in [0.25, 0.3) is 17.0 Å². The van der Waals surface area contributed by atoms with Crippen LogP contribution in [0.5, 0.6) is 0 Å². The van der Waals surface area contributed by atoms with Crippen LogP contribution in [0.1, 0.15) is 15.9 Å². The number of hydrogen-bond donors (Lipinski definition) is 0. The molecule has 3 aromatic rings. The van der Waals surface area contributed by atoms with Crippen LogP contribution >= 0.6 is 0 Å². The van der Waals surface area contributed by atoms with E-state index in [-0.39, 0.29) is 16.8 Å². The minimum atomic E-state index is -0.407. The molecule has 22 heavy (non-hydrogen) atoms. The average molecular weight is 294 g/mol. The number of rotatable bonds is 3. The molecule has 1 aromatic heterocycles. The molecule has 0 radical (unpaired) electrons. The van der Waals surface area contributed by atoms with Crippen molar-refractivity contribution in [1.82, 2.24) is 0 Å². The van der Waals surface area contributed by atoms with Gasteiger partial charge in [-0.2, -0.15) is 0 Å². The number of benzene rings is 2. The van der Waals surface area contributed by atoms with Gasteiger partial charge in [-0.05, 0) is 48.6 Å². The van der Waals surface area contributed by atoms with Crippen LogP contribution in [0.3, 0.4) is 0 Å². The Kier molecular flexibility index (Phi) is 3.66. The minimum Gasteiger partial charge on any atom is -0.463 e. The van der Waals surface area contributed by atoms with E-state index < -0.39 is 5.82 Å². The van der Waals surface area contributed by atoms with Gasteiger partial charge in [0.1, 0.15) is 17.7 Å². The molecule has 2 aromatic carbocycles. The summed E-state index contributed by atoms with van der Waals surface area (Å²) >= 11 is 0. The zero-order valence-corrected chi connectivity index (χ0v) is 11.5. The van der Waals surface area contributed by atoms with Crippen molar-refractivity contribution in [2.45, 2.75) is 0 Å². The minimum absolute atomic E-state index is 0.204. The van der Waals surface area contributed by atoms with E-state index in [2.05, 4.69) is 0 Å². The third-order valence-corrected chi connectivity index (χ3v) is 3.25. The Bertz CT molecular complexity index is 921. The van der Waals surface area contributed by atoms with Crippen LogP contribution in [-0.2, 0) is 0 Å². The number of allylic oxidation sites excluding steroid dienone is 1. The summed E-state index contributed by atoms with van der Waals surface area (Å²) in [6.45, 7) is 0. The lowest BCUT2D eigenvalue weighted by Gasteiger charge is -1.98. The zero-order valence-electron chi connectivity index (χ0n) is 11.5. The first-order chi connectivity index (χ1) is 10.6. The maximum absolute atomic E-state index is 12.8. The Morgan fingerprint density at radius 3 is 2.55 bits per heavy atom. The average Bonchev–Trinajstić information content (AvgIpc) is 2.55. The van der Waals surface area contributed by atoms with Crippen molar-refractivity contribution in [3.8, 4) is 0 Å². The van der Waals surface area contributed by atoms with Crippen LogP contribution in [0.2, 0.25) is 0 Å². The summed E-state index contributed by atoms with van der Waals surface area (Å²) in [5.41, 5.74) is 0.927. The Labute approximate surface area is 125 Å². The van der Waals surface area contributed by atoms with Crippen LogP contribution in [0, 0.1) is 5.82 Å². The first-order valence-corrected chi connectivity index (χ1v) is 6.64. The highest BCUT2D eigenvalue weighted by Gasteiger charge is 2.05. The van der Waals surface area contributed by atoms with E-state index in [1.54, 1.807) is 24.3 Å². The lowest BCUT2D eigenvalue weighted by molar-refractivity contribution is 0.104. The molecule has 0 saturated carbocycles. The van der Waals surface area contributed by atoms with Gasteiger partial charge in [0.15, 0.2) is 11.2 Å². The first kappa shape index (κ1) is 13.9. The van der Waals surface area contributed by atoms with Crippen molar-refractivity contribution < 1.29 is 13.6 Å². The number of ketones is 1. The third kappa shape index (κ3) is 2.72. The zero-order chi connectivity index (χ0) is 15.5. The van der Waals surface area contributed by atoms with E-state index in [1.807, 2.05) is 0 Å². The standard InChI is InChI=1S/C18H11FO3/c19-14-8-5-12(6-9-14)16(20)10-7-13-11-22-17-4-2-1-3-15(17)18(13)21/h1-11H. The summed E-state index contributed by atoms with van der Waals surface area (Å²) < 4.78 is 18.2. The summed E-state index contributed by atoms with van der Waals surface area (Å²) in [5, 5.41) is 0.457. The molecule has 4 heteroatoms. The molecule has 0 N–H and O–H groups in total. The molecule has 0 unspecified atom stereocenters. The second kappa shape index (κ2) is 5.77. The predicted octanol–water partition coefficient (Wildman–Crippen LogP) is 3.83. The van der Waals surface area contributed by atoms with Gasteiger partial charge >= 0.3 is 0 Å². The van der Waals surface area contributed by atoms with E-state index >= 15 is 0 Å². The normalized spacial score (nSPS) is 11.1. The summed E-state index contributed by atoms with van der Waals surface area (Å²) in [7, 11) is 0. The molecule has 3 nitrogen and oxygen atoms in total. The van der Waals surface area contributed by atoms with Crippen molar-refractivity contribution in [1.29, 1.82) is 0 Å². The summed E-state index contributed by atoms with van der Waals surface area (Å²) in [4.78, 5) is 24.2. The number of carbonyl (C=O) groups excluding carboxylic acids is 1. The molecule has 1 heterocycles. The molecule has 0 fully saturated rings. The SMILES string of the molecule is O=C(C=Cc1coc2ccccc2c1=O)c1ccc(F)cc1. The molecule has 0 aliphatic heterocycles. The molecule has 0 bridgehead atoms. The van der Waals surface area contributed by atoms with E-state index in [4.69, 9.17) is 4.42 Å². The Morgan fingerprint density at radius 1 is 1.05 bits per heavy atom. The van der Waals surface area contributed by atoms with Crippen molar-refractivity contribution in [3.63, 3.8) is 0 Å². The fourth-order valence-electron chi connectivity index (χ4n) is 2.08. The lowest BCUT2D eigenvalue weighted by atomic mass is 10.1. The van der Waals surface area contributed by atoms with Gasteiger partial charge in [-0.25, -0.2) is 4.39 Å². The van der Waals surface area contributed by atoms with Crippen molar-refractivity contribution >= 4 is 22.8 Å². The number of carbonyl (C=O) groups is 1. The van der Waals surface area contributed by atoms with Crippen molar-refractivity contribution in [2.75, 3.05) is 0 Å². The molecular formula is C18H11FO3. The third-order valence-electron chi connectivity index (χ3n) is 3.25. The number of hydrogen-bond acceptors (Lipinski definition) is 3. The highest BCUT2D eigenvalue weighted by molar-refractivity contribution is 6.06. The smallest absolute Gasteiger partial charge is 0.199 e. The van der Waals surface area contributed by atoms with Gasteiger partial charge in [-0.15, -0.1) is 0 Å². The van der Waals surface area contributed by atoms with Gasteiger partial charge in [0.25, 0.3) is 0 Å². The summed E-state index contributed by atoms with van der Waals surface area (Å²) in [6, 6.07) is 12.1. The van der Waals surface area contributed by atoms with E-state index in [1.165, 1.54) is 42.7 Å². The summed E-state index contributed by atoms with van der Waals surface area (Å²) in [6.07, 6.45) is 4.00. The second-order valence-corrected chi connectivity index (χ2v) is 4.72. The lowest BCUT2D eigenvalue weighted by Crippen LogP contribution is -2.05. The van der Waals surface area contributed by atoms with Crippen LogP contribution in [0.4, 0.5) is 4.39 Å². The topological polar surface area (TPSA) is 47.3 Å². The number of fused-ring (bicyclic) bond motifs is 1. The van der Waals surface area contributed by atoms with Gasteiger partial charge in [-0.3, -0.25) is 9.59 Å². The molecule has 0 atom stereocenters. The van der Waals surface area contributed by atoms with Crippen LogP contribution < -0.4 is 5.43 Å². The second-order valence-electron chi connectivity index (χ2n) is 4.72.